The van der Waals surface area contributed by atoms with Crippen LogP contribution in [0.15, 0.2) is 72.1 Å². The van der Waals surface area contributed by atoms with Crippen molar-refractivity contribution < 1.29 is 18.7 Å². The van der Waals surface area contributed by atoms with Gasteiger partial charge in [0.1, 0.15) is 10.8 Å². The zero-order chi connectivity index (χ0) is 22.5. The lowest BCUT2D eigenvalue weighted by Gasteiger charge is -2.08. The first-order valence-electron chi connectivity index (χ1n) is 9.88. The fourth-order valence-corrected chi connectivity index (χ4v) is 4.05. The number of aromatic nitrogens is 1. The smallest absolute Gasteiger partial charge is 0.251 e. The van der Waals surface area contributed by atoms with E-state index in [1.165, 1.54) is 18.2 Å². The Hall–Kier alpha value is -3.71. The second kappa shape index (κ2) is 9.62. The molecule has 3 aromatic carbocycles. The van der Waals surface area contributed by atoms with Crippen molar-refractivity contribution in [1.29, 1.82) is 0 Å². The molecule has 0 aliphatic rings. The maximum Gasteiger partial charge on any atom is 0.251 e. The molecule has 4 rings (SSSR count). The first kappa shape index (κ1) is 21.5. The maximum absolute atomic E-state index is 13.3. The van der Waals surface area contributed by atoms with Crippen LogP contribution < -0.4 is 14.8 Å². The highest BCUT2D eigenvalue weighted by Crippen LogP contribution is 2.34. The van der Waals surface area contributed by atoms with Crippen LogP contribution in [0, 0.1) is 5.82 Å². The predicted octanol–water partition coefficient (Wildman–Crippen LogP) is 5.56. The van der Waals surface area contributed by atoms with Gasteiger partial charge in [-0.25, -0.2) is 9.37 Å². The number of benzene rings is 3. The summed E-state index contributed by atoms with van der Waals surface area (Å²) < 4.78 is 24.0. The summed E-state index contributed by atoms with van der Waals surface area (Å²) in [5, 5.41) is 5.70. The summed E-state index contributed by atoms with van der Waals surface area (Å²) in [6, 6.07) is 19.2. The van der Waals surface area contributed by atoms with Crippen molar-refractivity contribution in [1.82, 2.24) is 10.3 Å². The van der Waals surface area contributed by atoms with Gasteiger partial charge in [0.15, 0.2) is 11.5 Å². The van der Waals surface area contributed by atoms with Crippen molar-refractivity contribution in [3.8, 4) is 33.3 Å². The first-order valence-corrected chi connectivity index (χ1v) is 10.8. The number of thiazole rings is 1. The van der Waals surface area contributed by atoms with Crippen LogP contribution in [-0.2, 0) is 6.54 Å². The minimum Gasteiger partial charge on any atom is -0.493 e. The molecule has 7 heteroatoms. The second-order valence-corrected chi connectivity index (χ2v) is 7.86. The van der Waals surface area contributed by atoms with E-state index in [1.807, 2.05) is 47.8 Å². The minimum absolute atomic E-state index is 0.298. The van der Waals surface area contributed by atoms with Gasteiger partial charge in [-0.05, 0) is 42.0 Å². The molecule has 162 valence electrons. The van der Waals surface area contributed by atoms with Gasteiger partial charge in [0.2, 0.25) is 0 Å². The number of methoxy groups -OCH3 is 2. The Balaban J connectivity index is 1.44. The second-order valence-electron chi connectivity index (χ2n) is 7.00. The molecule has 5 nitrogen and oxygen atoms in total. The van der Waals surface area contributed by atoms with Gasteiger partial charge in [-0.1, -0.05) is 30.3 Å². The highest BCUT2D eigenvalue weighted by atomic mass is 32.1. The van der Waals surface area contributed by atoms with Crippen molar-refractivity contribution >= 4 is 17.2 Å². The van der Waals surface area contributed by atoms with Gasteiger partial charge in [0, 0.05) is 28.6 Å². The number of nitrogens with zero attached hydrogens (tertiary/aromatic N) is 1. The Kier molecular flexibility index (Phi) is 6.47. The predicted molar refractivity (Wildman–Crippen MR) is 124 cm³/mol. The first-order chi connectivity index (χ1) is 15.6. The SMILES string of the molecule is COc1ccc(-c2csc(-c3ccc(CNC(=O)c4cccc(F)c4)cc3)n2)cc1OC. The standard InChI is InChI=1S/C25H21FN2O3S/c1-30-22-11-10-18(13-23(22)31-2)21-15-32-25(28-21)17-8-6-16(7-9-17)14-27-24(29)19-4-3-5-20(26)12-19/h3-13,15H,14H2,1-2H3,(H,27,29). The van der Waals surface area contributed by atoms with Gasteiger partial charge in [0.05, 0.1) is 19.9 Å². The van der Waals surface area contributed by atoms with Crippen LogP contribution >= 0.6 is 11.3 Å². The topological polar surface area (TPSA) is 60.5 Å². The van der Waals surface area contributed by atoms with Crippen LogP contribution in [0.4, 0.5) is 4.39 Å². The van der Waals surface area contributed by atoms with E-state index in [0.717, 1.165) is 27.4 Å². The van der Waals surface area contributed by atoms with Crippen LogP contribution in [-0.4, -0.2) is 25.1 Å². The minimum atomic E-state index is -0.432. The Bertz CT molecular complexity index is 1240. The summed E-state index contributed by atoms with van der Waals surface area (Å²) in [4.78, 5) is 16.9. The fraction of sp³-hybridized carbons (Fsp3) is 0.120. The zero-order valence-electron chi connectivity index (χ0n) is 17.6. The molecule has 1 aromatic heterocycles. The van der Waals surface area contributed by atoms with Gasteiger partial charge < -0.3 is 14.8 Å². The van der Waals surface area contributed by atoms with E-state index in [4.69, 9.17) is 14.5 Å². The molecule has 32 heavy (non-hydrogen) atoms. The number of carbonyl (C=O) groups excluding carboxylic acids is 1. The number of nitrogens with one attached hydrogen (secondary N) is 1. The zero-order valence-corrected chi connectivity index (χ0v) is 18.4. The summed E-state index contributed by atoms with van der Waals surface area (Å²) in [6.45, 7) is 0.352. The van der Waals surface area contributed by atoms with E-state index in [9.17, 15) is 9.18 Å². The van der Waals surface area contributed by atoms with Crippen molar-refractivity contribution in [3.05, 3.63) is 89.1 Å². The third kappa shape index (κ3) is 4.78. The lowest BCUT2D eigenvalue weighted by atomic mass is 10.1. The molecular weight excluding hydrogens is 427 g/mol. The van der Waals surface area contributed by atoms with Gasteiger partial charge in [-0.3, -0.25) is 4.79 Å². The number of rotatable bonds is 7. The average Bonchev–Trinajstić information content (AvgIpc) is 3.32. The molecule has 1 heterocycles. The summed E-state index contributed by atoms with van der Waals surface area (Å²) in [6.07, 6.45) is 0. The number of ether oxygens (including phenoxy) is 2. The molecule has 0 atom stereocenters. The van der Waals surface area contributed by atoms with Crippen LogP contribution in [0.2, 0.25) is 0 Å². The lowest BCUT2D eigenvalue weighted by molar-refractivity contribution is 0.0950. The van der Waals surface area contributed by atoms with E-state index in [2.05, 4.69) is 5.32 Å². The molecule has 4 aromatic rings. The Labute approximate surface area is 189 Å². The van der Waals surface area contributed by atoms with Crippen molar-refractivity contribution in [2.75, 3.05) is 14.2 Å². The molecule has 0 aliphatic carbocycles. The molecule has 0 spiro atoms. The Morgan fingerprint density at radius 3 is 2.44 bits per heavy atom. The van der Waals surface area contributed by atoms with Crippen molar-refractivity contribution in [2.24, 2.45) is 0 Å². The van der Waals surface area contributed by atoms with E-state index < -0.39 is 5.82 Å². The third-order valence-corrected chi connectivity index (χ3v) is 5.82. The molecule has 0 fully saturated rings. The number of hydrogen-bond acceptors (Lipinski definition) is 5. The number of amides is 1. The number of halogens is 1. The number of carbonyl (C=O) groups is 1. The van der Waals surface area contributed by atoms with E-state index in [-0.39, 0.29) is 5.91 Å². The molecule has 1 N–H and O–H groups in total. The Morgan fingerprint density at radius 1 is 0.969 bits per heavy atom. The lowest BCUT2D eigenvalue weighted by Crippen LogP contribution is -2.22. The maximum atomic E-state index is 13.3. The largest absolute Gasteiger partial charge is 0.493 e. The monoisotopic (exact) mass is 448 g/mol. The van der Waals surface area contributed by atoms with Crippen molar-refractivity contribution in [2.45, 2.75) is 6.54 Å². The summed E-state index contributed by atoms with van der Waals surface area (Å²) in [7, 11) is 3.21. The summed E-state index contributed by atoms with van der Waals surface area (Å²) >= 11 is 1.56. The van der Waals surface area contributed by atoms with Gasteiger partial charge >= 0.3 is 0 Å². The van der Waals surface area contributed by atoms with E-state index in [0.29, 0.717) is 23.6 Å². The quantitative estimate of drug-likeness (QED) is 0.402. The van der Waals surface area contributed by atoms with Gasteiger partial charge in [-0.2, -0.15) is 0 Å². The summed E-state index contributed by atoms with van der Waals surface area (Å²) in [5.74, 6) is 0.585. The van der Waals surface area contributed by atoms with Crippen LogP contribution in [0.5, 0.6) is 11.5 Å². The average molecular weight is 449 g/mol. The molecule has 0 saturated carbocycles. The highest BCUT2D eigenvalue weighted by Gasteiger charge is 2.11. The fourth-order valence-electron chi connectivity index (χ4n) is 3.21. The molecule has 0 bridgehead atoms. The van der Waals surface area contributed by atoms with Crippen LogP contribution in [0.3, 0.4) is 0 Å². The van der Waals surface area contributed by atoms with Gasteiger partial charge in [0.25, 0.3) is 5.91 Å². The third-order valence-electron chi connectivity index (χ3n) is 4.92. The molecule has 0 unspecified atom stereocenters. The molecule has 1 amide bonds. The Morgan fingerprint density at radius 2 is 1.72 bits per heavy atom. The summed E-state index contributed by atoms with van der Waals surface area (Å²) in [5.41, 5.74) is 4.03. The molecular formula is C25H21FN2O3S. The van der Waals surface area contributed by atoms with Crippen LogP contribution in [0.25, 0.3) is 21.8 Å². The molecule has 0 radical (unpaired) electrons. The molecule has 0 aliphatic heterocycles. The normalized spacial score (nSPS) is 10.6. The van der Waals surface area contributed by atoms with Crippen molar-refractivity contribution in [3.63, 3.8) is 0 Å². The molecule has 0 saturated heterocycles. The van der Waals surface area contributed by atoms with E-state index >= 15 is 0 Å². The van der Waals surface area contributed by atoms with Gasteiger partial charge in [-0.15, -0.1) is 11.3 Å². The number of hydrogen-bond donors (Lipinski definition) is 1. The van der Waals surface area contributed by atoms with Crippen LogP contribution in [0.1, 0.15) is 15.9 Å². The highest BCUT2D eigenvalue weighted by molar-refractivity contribution is 7.13. The van der Waals surface area contributed by atoms with E-state index in [1.54, 1.807) is 31.6 Å².